The number of hydrogen-bond acceptors (Lipinski definition) is 1. The first kappa shape index (κ1) is 12.4. The molecule has 4 heteroatoms. The molecule has 2 aromatic rings. The lowest BCUT2D eigenvalue weighted by molar-refractivity contribution is 0.100. The molecule has 0 heterocycles. The summed E-state index contributed by atoms with van der Waals surface area (Å²) >= 11 is 8.04. The Kier molecular flexibility index (Phi) is 3.69. The number of halogens is 2. The van der Waals surface area contributed by atoms with Crippen LogP contribution in [0.1, 0.15) is 10.4 Å². The second kappa shape index (κ2) is 5.06. The molecule has 2 nitrogen and oxygen atoms in total. The SMILES string of the molecule is NC(=O)c1cccc(I)c1-c1ccc(Cl)cc1. The molecule has 1 amide bonds. The van der Waals surface area contributed by atoms with Gasteiger partial charge in [-0.2, -0.15) is 0 Å². The summed E-state index contributed by atoms with van der Waals surface area (Å²) in [6.07, 6.45) is 0. The van der Waals surface area contributed by atoms with E-state index in [-0.39, 0.29) is 0 Å². The Labute approximate surface area is 118 Å². The fraction of sp³-hybridized carbons (Fsp3) is 0. The van der Waals surface area contributed by atoms with E-state index >= 15 is 0 Å². The van der Waals surface area contributed by atoms with E-state index in [0.717, 1.165) is 14.7 Å². The summed E-state index contributed by atoms with van der Waals surface area (Å²) in [6, 6.07) is 12.8. The highest BCUT2D eigenvalue weighted by Gasteiger charge is 2.12. The van der Waals surface area contributed by atoms with Crippen molar-refractivity contribution >= 4 is 40.1 Å². The summed E-state index contributed by atoms with van der Waals surface area (Å²) in [7, 11) is 0. The average molecular weight is 358 g/mol. The van der Waals surface area contributed by atoms with Gasteiger partial charge < -0.3 is 5.73 Å². The van der Waals surface area contributed by atoms with Gasteiger partial charge in [0.25, 0.3) is 0 Å². The lowest BCUT2D eigenvalue weighted by Crippen LogP contribution is -2.12. The van der Waals surface area contributed by atoms with E-state index in [0.29, 0.717) is 10.6 Å². The van der Waals surface area contributed by atoms with Crippen molar-refractivity contribution < 1.29 is 4.79 Å². The molecule has 0 spiro atoms. The summed E-state index contributed by atoms with van der Waals surface area (Å²) in [5, 5.41) is 0.667. The second-order valence-corrected chi connectivity index (χ2v) is 5.13. The second-order valence-electron chi connectivity index (χ2n) is 3.53. The van der Waals surface area contributed by atoms with Gasteiger partial charge in [0, 0.05) is 19.7 Å². The zero-order valence-electron chi connectivity index (χ0n) is 8.78. The Morgan fingerprint density at radius 3 is 2.35 bits per heavy atom. The fourth-order valence-corrected chi connectivity index (χ4v) is 2.57. The summed E-state index contributed by atoms with van der Waals surface area (Å²) in [6.45, 7) is 0. The Bertz CT molecular complexity index is 566. The molecule has 0 aliphatic rings. The van der Waals surface area contributed by atoms with Crippen LogP contribution < -0.4 is 5.73 Å². The lowest BCUT2D eigenvalue weighted by Gasteiger charge is -2.09. The van der Waals surface area contributed by atoms with Crippen LogP contribution in [0, 0.1) is 3.57 Å². The third kappa shape index (κ3) is 2.61. The first-order valence-electron chi connectivity index (χ1n) is 4.94. The van der Waals surface area contributed by atoms with Crippen LogP contribution in [-0.4, -0.2) is 5.91 Å². The first-order chi connectivity index (χ1) is 8.09. The van der Waals surface area contributed by atoms with Crippen LogP contribution in [0.2, 0.25) is 5.02 Å². The molecule has 2 N–H and O–H groups in total. The van der Waals surface area contributed by atoms with Crippen LogP contribution >= 0.6 is 34.2 Å². The van der Waals surface area contributed by atoms with Gasteiger partial charge in [-0.15, -0.1) is 0 Å². The Morgan fingerprint density at radius 1 is 1.12 bits per heavy atom. The number of nitrogens with two attached hydrogens (primary N) is 1. The van der Waals surface area contributed by atoms with Gasteiger partial charge in [0.15, 0.2) is 0 Å². The molecule has 0 saturated carbocycles. The number of primary amides is 1. The van der Waals surface area contributed by atoms with Gasteiger partial charge in [-0.1, -0.05) is 29.8 Å². The normalized spacial score (nSPS) is 10.2. The van der Waals surface area contributed by atoms with E-state index in [1.54, 1.807) is 18.2 Å². The predicted molar refractivity (Wildman–Crippen MR) is 78.1 cm³/mol. The number of benzene rings is 2. The van der Waals surface area contributed by atoms with Gasteiger partial charge in [-0.05, 0) is 52.4 Å². The average Bonchev–Trinajstić information content (AvgIpc) is 2.30. The van der Waals surface area contributed by atoms with Crippen molar-refractivity contribution in [2.45, 2.75) is 0 Å². The molecule has 2 rings (SSSR count). The summed E-state index contributed by atoms with van der Waals surface area (Å²) < 4.78 is 0.987. The van der Waals surface area contributed by atoms with Crippen LogP contribution in [0.15, 0.2) is 42.5 Å². The lowest BCUT2D eigenvalue weighted by atomic mass is 9.99. The van der Waals surface area contributed by atoms with Crippen molar-refractivity contribution in [3.63, 3.8) is 0 Å². The minimum atomic E-state index is -0.423. The first-order valence-corrected chi connectivity index (χ1v) is 6.39. The number of carbonyl (C=O) groups is 1. The fourth-order valence-electron chi connectivity index (χ4n) is 1.64. The monoisotopic (exact) mass is 357 g/mol. The van der Waals surface area contributed by atoms with E-state index in [1.807, 2.05) is 24.3 Å². The van der Waals surface area contributed by atoms with Crippen molar-refractivity contribution in [3.05, 3.63) is 56.6 Å². The van der Waals surface area contributed by atoms with E-state index in [4.69, 9.17) is 17.3 Å². The molecule has 0 radical (unpaired) electrons. The van der Waals surface area contributed by atoms with Crippen LogP contribution in [0.4, 0.5) is 0 Å². The van der Waals surface area contributed by atoms with Gasteiger partial charge in [-0.25, -0.2) is 0 Å². The highest BCUT2D eigenvalue weighted by molar-refractivity contribution is 14.1. The highest BCUT2D eigenvalue weighted by atomic mass is 127. The van der Waals surface area contributed by atoms with Crippen LogP contribution in [-0.2, 0) is 0 Å². The van der Waals surface area contributed by atoms with Crippen molar-refractivity contribution in [1.29, 1.82) is 0 Å². The van der Waals surface area contributed by atoms with E-state index < -0.39 is 5.91 Å². The molecular weight excluding hydrogens is 349 g/mol. The van der Waals surface area contributed by atoms with E-state index in [9.17, 15) is 4.79 Å². The van der Waals surface area contributed by atoms with Gasteiger partial charge >= 0.3 is 0 Å². The van der Waals surface area contributed by atoms with Crippen LogP contribution in [0.3, 0.4) is 0 Å². The highest BCUT2D eigenvalue weighted by Crippen LogP contribution is 2.29. The topological polar surface area (TPSA) is 43.1 Å². The summed E-state index contributed by atoms with van der Waals surface area (Å²) in [5.74, 6) is -0.423. The maximum absolute atomic E-state index is 11.4. The van der Waals surface area contributed by atoms with Crippen molar-refractivity contribution in [3.8, 4) is 11.1 Å². The van der Waals surface area contributed by atoms with Gasteiger partial charge in [-0.3, -0.25) is 4.79 Å². The molecule has 86 valence electrons. The Hall–Kier alpha value is -1.07. The number of amides is 1. The largest absolute Gasteiger partial charge is 0.366 e. The van der Waals surface area contributed by atoms with Gasteiger partial charge in [0.05, 0.1) is 0 Å². The molecule has 0 aliphatic heterocycles. The molecule has 0 saturated heterocycles. The summed E-state index contributed by atoms with van der Waals surface area (Å²) in [4.78, 5) is 11.4. The minimum absolute atomic E-state index is 0.423. The third-order valence-electron chi connectivity index (χ3n) is 2.41. The molecule has 0 bridgehead atoms. The zero-order valence-corrected chi connectivity index (χ0v) is 11.7. The van der Waals surface area contributed by atoms with Crippen molar-refractivity contribution in [2.24, 2.45) is 5.73 Å². The molecular formula is C13H9ClINO. The third-order valence-corrected chi connectivity index (χ3v) is 3.56. The van der Waals surface area contributed by atoms with Gasteiger partial charge in [0.2, 0.25) is 5.91 Å². The quantitative estimate of drug-likeness (QED) is 0.818. The predicted octanol–water partition coefficient (Wildman–Crippen LogP) is 3.71. The molecule has 0 fully saturated rings. The molecule has 0 unspecified atom stereocenters. The van der Waals surface area contributed by atoms with Crippen LogP contribution in [0.5, 0.6) is 0 Å². The molecule has 0 aliphatic carbocycles. The Morgan fingerprint density at radius 2 is 1.76 bits per heavy atom. The van der Waals surface area contributed by atoms with Crippen molar-refractivity contribution in [2.75, 3.05) is 0 Å². The Balaban J connectivity index is 2.65. The van der Waals surface area contributed by atoms with E-state index in [1.165, 1.54) is 0 Å². The smallest absolute Gasteiger partial charge is 0.249 e. The number of rotatable bonds is 2. The maximum Gasteiger partial charge on any atom is 0.249 e. The van der Waals surface area contributed by atoms with E-state index in [2.05, 4.69) is 22.6 Å². The van der Waals surface area contributed by atoms with Crippen LogP contribution in [0.25, 0.3) is 11.1 Å². The minimum Gasteiger partial charge on any atom is -0.366 e. The molecule has 17 heavy (non-hydrogen) atoms. The summed E-state index contributed by atoms with van der Waals surface area (Å²) in [5.41, 5.74) is 7.71. The maximum atomic E-state index is 11.4. The zero-order chi connectivity index (χ0) is 12.4. The van der Waals surface area contributed by atoms with Crippen molar-refractivity contribution in [1.82, 2.24) is 0 Å². The standard InChI is InChI=1S/C13H9ClINO/c14-9-6-4-8(5-7-9)12-10(13(16)17)2-1-3-11(12)15/h1-7H,(H2,16,17). The molecule has 0 aromatic heterocycles. The molecule has 0 atom stereocenters. The molecule has 2 aromatic carbocycles. The number of carbonyl (C=O) groups excluding carboxylic acids is 1. The van der Waals surface area contributed by atoms with Gasteiger partial charge in [0.1, 0.15) is 0 Å². The number of hydrogen-bond donors (Lipinski definition) is 1.